The van der Waals surface area contributed by atoms with Crippen molar-refractivity contribution in [2.75, 3.05) is 11.9 Å². The molecule has 1 amide bonds. The normalized spacial score (nSPS) is 11.5. The molecule has 3 rings (SSSR count). The SMILES string of the molecule is Cc1cc(Cl)ccc1NC(=O)COc1ccc2c(C(F)(F)F)cc(=O)oc2c1. The zero-order chi connectivity index (χ0) is 20.5. The summed E-state index contributed by atoms with van der Waals surface area (Å²) in [5.74, 6) is -0.394. The number of carbonyl (C=O) groups is 1. The van der Waals surface area contributed by atoms with E-state index in [-0.39, 0.29) is 16.7 Å². The Hall–Kier alpha value is -3.00. The van der Waals surface area contributed by atoms with E-state index in [2.05, 4.69) is 5.32 Å². The lowest BCUT2D eigenvalue weighted by molar-refractivity contribution is -0.136. The second-order valence-corrected chi connectivity index (χ2v) is 6.37. The number of hydrogen-bond acceptors (Lipinski definition) is 4. The molecule has 3 aromatic rings. The van der Waals surface area contributed by atoms with Gasteiger partial charge in [0, 0.05) is 28.2 Å². The van der Waals surface area contributed by atoms with Crippen LogP contribution < -0.4 is 15.7 Å². The van der Waals surface area contributed by atoms with E-state index in [1.54, 1.807) is 25.1 Å². The zero-order valence-corrected chi connectivity index (χ0v) is 15.1. The maximum absolute atomic E-state index is 13.0. The summed E-state index contributed by atoms with van der Waals surface area (Å²) in [7, 11) is 0. The van der Waals surface area contributed by atoms with Gasteiger partial charge in [-0.05, 0) is 42.8 Å². The van der Waals surface area contributed by atoms with Crippen LogP contribution in [0.5, 0.6) is 5.75 Å². The van der Waals surface area contributed by atoms with Crippen LogP contribution in [0, 0.1) is 6.92 Å². The van der Waals surface area contributed by atoms with Gasteiger partial charge in [-0.15, -0.1) is 0 Å². The van der Waals surface area contributed by atoms with E-state index in [1.807, 2.05) is 0 Å². The molecule has 0 spiro atoms. The van der Waals surface area contributed by atoms with Crippen molar-refractivity contribution in [2.45, 2.75) is 13.1 Å². The number of amides is 1. The van der Waals surface area contributed by atoms with Crippen molar-refractivity contribution in [2.24, 2.45) is 0 Å². The molecule has 0 bridgehead atoms. The summed E-state index contributed by atoms with van der Waals surface area (Å²) in [6, 6.07) is 8.85. The smallest absolute Gasteiger partial charge is 0.417 e. The summed E-state index contributed by atoms with van der Waals surface area (Å²) >= 11 is 5.85. The van der Waals surface area contributed by atoms with E-state index in [0.29, 0.717) is 16.8 Å². The molecule has 1 heterocycles. The maximum atomic E-state index is 13.0. The van der Waals surface area contributed by atoms with Gasteiger partial charge in [0.15, 0.2) is 6.61 Å². The van der Waals surface area contributed by atoms with Crippen LogP contribution in [0.25, 0.3) is 11.0 Å². The summed E-state index contributed by atoms with van der Waals surface area (Å²) in [6.45, 7) is 1.38. The largest absolute Gasteiger partial charge is 0.484 e. The standard InChI is InChI=1S/C19H13ClF3NO4/c1-10-6-11(20)2-5-15(10)24-17(25)9-27-12-3-4-13-14(19(21,22)23)8-18(26)28-16(13)7-12/h2-8H,9H2,1H3,(H,24,25). The third-order valence-electron chi connectivity index (χ3n) is 3.85. The molecule has 0 radical (unpaired) electrons. The molecular formula is C19H13ClF3NO4. The number of hydrogen-bond donors (Lipinski definition) is 1. The van der Waals surface area contributed by atoms with Gasteiger partial charge in [0.1, 0.15) is 11.3 Å². The lowest BCUT2D eigenvalue weighted by atomic mass is 10.1. The summed E-state index contributed by atoms with van der Waals surface area (Å²) in [5.41, 5.74) is -1.20. The highest BCUT2D eigenvalue weighted by atomic mass is 35.5. The minimum Gasteiger partial charge on any atom is -0.484 e. The Balaban J connectivity index is 1.76. The highest BCUT2D eigenvalue weighted by Crippen LogP contribution is 2.34. The fraction of sp³-hybridized carbons (Fsp3) is 0.158. The molecule has 5 nitrogen and oxygen atoms in total. The van der Waals surface area contributed by atoms with Crippen LogP contribution in [0.3, 0.4) is 0 Å². The maximum Gasteiger partial charge on any atom is 0.417 e. The quantitative estimate of drug-likeness (QED) is 0.627. The number of ether oxygens (including phenoxy) is 1. The van der Waals surface area contributed by atoms with Gasteiger partial charge in [-0.25, -0.2) is 4.79 Å². The Morgan fingerprint density at radius 3 is 2.61 bits per heavy atom. The Morgan fingerprint density at radius 2 is 1.93 bits per heavy atom. The summed E-state index contributed by atoms with van der Waals surface area (Å²) < 4.78 is 49.2. The van der Waals surface area contributed by atoms with Gasteiger partial charge in [-0.2, -0.15) is 13.2 Å². The highest BCUT2D eigenvalue weighted by molar-refractivity contribution is 6.30. The van der Waals surface area contributed by atoms with E-state index >= 15 is 0 Å². The van der Waals surface area contributed by atoms with Crippen molar-refractivity contribution >= 4 is 34.2 Å². The number of benzene rings is 2. The molecule has 0 aliphatic rings. The Bertz CT molecular complexity index is 1110. The third kappa shape index (κ3) is 4.45. The average molecular weight is 412 g/mol. The lowest BCUT2D eigenvalue weighted by Gasteiger charge is -2.11. The van der Waals surface area contributed by atoms with Gasteiger partial charge in [-0.3, -0.25) is 4.79 Å². The van der Waals surface area contributed by atoms with E-state index in [0.717, 1.165) is 17.7 Å². The Kier molecular flexibility index (Phi) is 5.33. The summed E-state index contributed by atoms with van der Waals surface area (Å²) in [6.07, 6.45) is -4.70. The number of alkyl halides is 3. The minimum absolute atomic E-state index is 0.0814. The predicted molar refractivity (Wildman–Crippen MR) is 97.8 cm³/mol. The molecule has 0 aliphatic heterocycles. The number of aryl methyl sites for hydroxylation is 1. The molecule has 1 N–H and O–H groups in total. The van der Waals surface area contributed by atoms with Crippen molar-refractivity contribution in [3.05, 3.63) is 69.0 Å². The molecule has 0 aliphatic carbocycles. The molecule has 0 saturated carbocycles. The van der Waals surface area contributed by atoms with Crippen molar-refractivity contribution in [3.8, 4) is 5.75 Å². The average Bonchev–Trinajstić information content (AvgIpc) is 2.60. The molecule has 1 aromatic heterocycles. The van der Waals surface area contributed by atoms with Crippen molar-refractivity contribution in [1.82, 2.24) is 0 Å². The first-order valence-corrected chi connectivity index (χ1v) is 8.35. The van der Waals surface area contributed by atoms with Gasteiger partial charge in [-0.1, -0.05) is 11.6 Å². The molecule has 0 saturated heterocycles. The predicted octanol–water partition coefficient (Wildman–Crippen LogP) is 4.79. The van der Waals surface area contributed by atoms with Crippen LogP contribution in [0.2, 0.25) is 5.02 Å². The number of carbonyl (C=O) groups excluding carboxylic acids is 1. The number of nitrogens with one attached hydrogen (secondary N) is 1. The summed E-state index contributed by atoms with van der Waals surface area (Å²) in [4.78, 5) is 23.4. The molecule has 9 heteroatoms. The molecule has 28 heavy (non-hydrogen) atoms. The lowest BCUT2D eigenvalue weighted by Crippen LogP contribution is -2.20. The fourth-order valence-corrected chi connectivity index (χ4v) is 2.80. The zero-order valence-electron chi connectivity index (χ0n) is 14.4. The van der Waals surface area contributed by atoms with Crippen LogP contribution in [-0.4, -0.2) is 12.5 Å². The molecule has 2 aromatic carbocycles. The monoisotopic (exact) mass is 411 g/mol. The van der Waals surface area contributed by atoms with E-state index in [9.17, 15) is 22.8 Å². The van der Waals surface area contributed by atoms with E-state index in [4.69, 9.17) is 20.8 Å². The topological polar surface area (TPSA) is 68.5 Å². The van der Waals surface area contributed by atoms with E-state index < -0.39 is 29.9 Å². The van der Waals surface area contributed by atoms with Crippen LogP contribution in [0.1, 0.15) is 11.1 Å². The molecule has 0 atom stereocenters. The first-order valence-electron chi connectivity index (χ1n) is 7.97. The summed E-state index contributed by atoms with van der Waals surface area (Å²) in [5, 5.41) is 2.89. The molecule has 146 valence electrons. The number of fused-ring (bicyclic) bond motifs is 1. The molecule has 0 unspecified atom stereocenters. The Morgan fingerprint density at radius 1 is 1.18 bits per heavy atom. The fourth-order valence-electron chi connectivity index (χ4n) is 2.57. The number of anilines is 1. The minimum atomic E-state index is -4.70. The van der Waals surface area contributed by atoms with Gasteiger partial charge in [0.05, 0.1) is 5.56 Å². The van der Waals surface area contributed by atoms with Gasteiger partial charge in [0.25, 0.3) is 5.91 Å². The van der Waals surface area contributed by atoms with Crippen LogP contribution >= 0.6 is 11.6 Å². The molecule has 0 fully saturated rings. The van der Waals surface area contributed by atoms with Crippen LogP contribution in [0.15, 0.2) is 51.7 Å². The third-order valence-corrected chi connectivity index (χ3v) is 4.09. The molecular weight excluding hydrogens is 399 g/mol. The second-order valence-electron chi connectivity index (χ2n) is 5.93. The van der Waals surface area contributed by atoms with Crippen LogP contribution in [0.4, 0.5) is 18.9 Å². The first kappa shape index (κ1) is 19.8. The van der Waals surface area contributed by atoms with Crippen molar-refractivity contribution in [3.63, 3.8) is 0 Å². The highest BCUT2D eigenvalue weighted by Gasteiger charge is 2.33. The van der Waals surface area contributed by atoms with Gasteiger partial charge >= 0.3 is 11.8 Å². The number of rotatable bonds is 4. The van der Waals surface area contributed by atoms with Crippen molar-refractivity contribution in [1.29, 1.82) is 0 Å². The second kappa shape index (κ2) is 7.55. The van der Waals surface area contributed by atoms with Crippen molar-refractivity contribution < 1.29 is 27.1 Å². The van der Waals surface area contributed by atoms with Crippen LogP contribution in [-0.2, 0) is 11.0 Å². The number of halogens is 4. The Labute approximate surface area is 161 Å². The van der Waals surface area contributed by atoms with Gasteiger partial charge in [0.2, 0.25) is 0 Å². The first-order chi connectivity index (χ1) is 13.1. The van der Waals surface area contributed by atoms with E-state index in [1.165, 1.54) is 6.07 Å². The van der Waals surface area contributed by atoms with Gasteiger partial charge < -0.3 is 14.5 Å².